The smallest absolute Gasteiger partial charge is 0.191 e. The lowest BCUT2D eigenvalue weighted by Gasteiger charge is -2.12. The van der Waals surface area contributed by atoms with Gasteiger partial charge in [0.2, 0.25) is 0 Å². The number of rotatable bonds is 8. The highest BCUT2D eigenvalue weighted by Gasteiger charge is 1.98. The molecule has 2 N–H and O–H groups in total. The molecule has 0 heterocycles. The number of benzene rings is 1. The quantitative estimate of drug-likeness (QED) is 0.335. The first kappa shape index (κ1) is 16.9. The molecule has 20 heavy (non-hydrogen) atoms. The molecule has 0 saturated heterocycles. The maximum atomic E-state index is 5.30. The molecule has 0 amide bonds. The van der Waals surface area contributed by atoms with Crippen LogP contribution < -0.4 is 10.6 Å². The molecular formula is C15H25N3OS. The molecule has 0 saturated carbocycles. The van der Waals surface area contributed by atoms with Gasteiger partial charge in [-0.3, -0.25) is 4.99 Å². The second-order valence-corrected chi connectivity index (χ2v) is 5.13. The third-order valence-corrected chi connectivity index (χ3v) is 3.55. The van der Waals surface area contributed by atoms with E-state index in [9.17, 15) is 0 Å². The van der Waals surface area contributed by atoms with Crippen molar-refractivity contribution >= 4 is 17.7 Å². The molecule has 4 nitrogen and oxygen atoms in total. The minimum atomic E-state index is 0.777. The fraction of sp³-hybridized carbons (Fsp3) is 0.533. The zero-order chi connectivity index (χ0) is 14.6. The van der Waals surface area contributed by atoms with Crippen molar-refractivity contribution in [1.29, 1.82) is 0 Å². The summed E-state index contributed by atoms with van der Waals surface area (Å²) in [6.07, 6.45) is 3.07. The number of thioether (sulfide) groups is 1. The van der Waals surface area contributed by atoms with Crippen LogP contribution in [0.1, 0.15) is 18.9 Å². The third-order valence-electron chi connectivity index (χ3n) is 2.80. The topological polar surface area (TPSA) is 45.6 Å². The Kier molecular flexibility index (Phi) is 8.91. The maximum absolute atomic E-state index is 5.30. The van der Waals surface area contributed by atoms with Gasteiger partial charge in [-0.15, -0.1) is 11.8 Å². The van der Waals surface area contributed by atoms with Crippen LogP contribution in [0.2, 0.25) is 0 Å². The number of hydrogen-bond acceptors (Lipinski definition) is 3. The Morgan fingerprint density at radius 3 is 2.60 bits per heavy atom. The Bertz CT molecular complexity index is 393. The van der Waals surface area contributed by atoms with Gasteiger partial charge in [-0.2, -0.15) is 0 Å². The van der Waals surface area contributed by atoms with Crippen LogP contribution in [0.25, 0.3) is 0 Å². The number of nitrogens with zero attached hydrogens (tertiary/aromatic N) is 1. The molecule has 0 spiro atoms. The molecule has 0 atom stereocenters. The molecule has 1 aromatic carbocycles. The van der Waals surface area contributed by atoms with Crippen LogP contribution in [-0.4, -0.2) is 39.0 Å². The average Bonchev–Trinajstić information content (AvgIpc) is 2.50. The molecule has 1 aromatic rings. The van der Waals surface area contributed by atoms with Gasteiger partial charge in [0, 0.05) is 38.2 Å². The summed E-state index contributed by atoms with van der Waals surface area (Å²) in [5.74, 6) is 0.829. The predicted molar refractivity (Wildman–Crippen MR) is 87.5 cm³/mol. The highest BCUT2D eigenvalue weighted by atomic mass is 32.2. The summed E-state index contributed by atoms with van der Waals surface area (Å²) < 4.78 is 5.30. The van der Waals surface area contributed by atoms with Crippen LogP contribution in [0.15, 0.2) is 34.2 Å². The molecule has 0 unspecified atom stereocenters. The number of guanidine groups is 1. The van der Waals surface area contributed by atoms with Gasteiger partial charge < -0.3 is 15.4 Å². The molecule has 0 aliphatic rings. The van der Waals surface area contributed by atoms with Crippen LogP contribution in [-0.2, 0) is 11.3 Å². The van der Waals surface area contributed by atoms with Crippen LogP contribution in [0.3, 0.4) is 0 Å². The number of aliphatic imine (C=N–C) groups is 1. The minimum Gasteiger partial charge on any atom is -0.382 e. The molecule has 5 heteroatoms. The molecule has 1 rings (SSSR count). The summed E-state index contributed by atoms with van der Waals surface area (Å²) in [6.45, 7) is 5.22. The Labute approximate surface area is 126 Å². The predicted octanol–water partition coefficient (Wildman–Crippen LogP) is 2.50. The Hall–Kier alpha value is -1.20. The molecule has 112 valence electrons. The van der Waals surface area contributed by atoms with Crippen LogP contribution >= 0.6 is 11.8 Å². The van der Waals surface area contributed by atoms with Gasteiger partial charge in [-0.25, -0.2) is 0 Å². The molecular weight excluding hydrogens is 270 g/mol. The molecule has 0 aromatic heterocycles. The van der Waals surface area contributed by atoms with E-state index in [4.69, 9.17) is 4.74 Å². The highest BCUT2D eigenvalue weighted by molar-refractivity contribution is 7.98. The number of ether oxygens (including phenoxy) is 1. The average molecular weight is 295 g/mol. The van der Waals surface area contributed by atoms with Crippen molar-refractivity contribution in [2.75, 3.05) is 33.1 Å². The van der Waals surface area contributed by atoms with Crippen molar-refractivity contribution < 1.29 is 4.74 Å². The molecule has 0 fully saturated rings. The van der Waals surface area contributed by atoms with E-state index in [0.29, 0.717) is 0 Å². The van der Waals surface area contributed by atoms with Crippen molar-refractivity contribution in [2.24, 2.45) is 4.99 Å². The van der Waals surface area contributed by atoms with E-state index in [2.05, 4.69) is 46.1 Å². The molecule has 0 radical (unpaired) electrons. The normalized spacial score (nSPS) is 11.4. The summed E-state index contributed by atoms with van der Waals surface area (Å²) in [5.41, 5.74) is 1.25. The van der Waals surface area contributed by atoms with E-state index in [1.165, 1.54) is 10.5 Å². The number of hydrogen-bond donors (Lipinski definition) is 2. The molecule has 0 aliphatic heterocycles. The lowest BCUT2D eigenvalue weighted by atomic mass is 10.2. The van der Waals surface area contributed by atoms with Gasteiger partial charge in [0.05, 0.1) is 0 Å². The Balaban J connectivity index is 2.26. The summed E-state index contributed by atoms with van der Waals surface area (Å²) in [4.78, 5) is 5.49. The van der Waals surface area contributed by atoms with Crippen molar-refractivity contribution in [3.63, 3.8) is 0 Å². The van der Waals surface area contributed by atoms with Gasteiger partial charge >= 0.3 is 0 Å². The van der Waals surface area contributed by atoms with Gasteiger partial charge in [0.1, 0.15) is 0 Å². The lowest BCUT2D eigenvalue weighted by molar-refractivity contribution is 0.145. The van der Waals surface area contributed by atoms with Crippen LogP contribution in [0, 0.1) is 0 Å². The second-order valence-electron chi connectivity index (χ2n) is 4.25. The lowest BCUT2D eigenvalue weighted by Crippen LogP contribution is -2.37. The van der Waals surface area contributed by atoms with Crippen LogP contribution in [0.5, 0.6) is 0 Å². The summed E-state index contributed by atoms with van der Waals surface area (Å²) >= 11 is 1.76. The standard InChI is InChI=1S/C15H25N3OS/c1-4-19-11-5-10-17-15(16-2)18-12-13-6-8-14(20-3)9-7-13/h6-9H,4-5,10-12H2,1-3H3,(H2,16,17,18). The van der Waals surface area contributed by atoms with E-state index >= 15 is 0 Å². The first-order chi connectivity index (χ1) is 9.80. The van der Waals surface area contributed by atoms with E-state index in [-0.39, 0.29) is 0 Å². The maximum Gasteiger partial charge on any atom is 0.191 e. The SMILES string of the molecule is CCOCCCNC(=NC)NCc1ccc(SC)cc1. The minimum absolute atomic E-state index is 0.777. The van der Waals surface area contributed by atoms with E-state index in [1.807, 2.05) is 6.92 Å². The van der Waals surface area contributed by atoms with E-state index < -0.39 is 0 Å². The second kappa shape index (κ2) is 10.6. The van der Waals surface area contributed by atoms with Crippen molar-refractivity contribution in [1.82, 2.24) is 10.6 Å². The van der Waals surface area contributed by atoms with E-state index in [1.54, 1.807) is 18.8 Å². The summed E-state index contributed by atoms with van der Waals surface area (Å²) in [6, 6.07) is 8.56. The van der Waals surface area contributed by atoms with Gasteiger partial charge in [-0.1, -0.05) is 12.1 Å². The number of nitrogens with one attached hydrogen (secondary N) is 2. The summed E-state index contributed by atoms with van der Waals surface area (Å²) in [7, 11) is 1.79. The van der Waals surface area contributed by atoms with Crippen molar-refractivity contribution in [3.8, 4) is 0 Å². The van der Waals surface area contributed by atoms with Gasteiger partial charge in [0.15, 0.2) is 5.96 Å². The van der Waals surface area contributed by atoms with Gasteiger partial charge in [-0.05, 0) is 37.3 Å². The van der Waals surface area contributed by atoms with E-state index in [0.717, 1.165) is 38.7 Å². The fourth-order valence-corrected chi connectivity index (χ4v) is 2.08. The first-order valence-corrected chi connectivity index (χ1v) is 8.17. The first-order valence-electron chi connectivity index (χ1n) is 6.95. The monoisotopic (exact) mass is 295 g/mol. The Morgan fingerprint density at radius 1 is 1.25 bits per heavy atom. The molecule has 0 bridgehead atoms. The largest absolute Gasteiger partial charge is 0.382 e. The zero-order valence-electron chi connectivity index (χ0n) is 12.6. The van der Waals surface area contributed by atoms with Crippen LogP contribution in [0.4, 0.5) is 0 Å². The highest BCUT2D eigenvalue weighted by Crippen LogP contribution is 2.14. The van der Waals surface area contributed by atoms with Gasteiger partial charge in [0.25, 0.3) is 0 Å². The van der Waals surface area contributed by atoms with Crippen molar-refractivity contribution in [3.05, 3.63) is 29.8 Å². The fourth-order valence-electron chi connectivity index (χ4n) is 1.68. The third kappa shape index (κ3) is 6.82. The molecule has 0 aliphatic carbocycles. The summed E-state index contributed by atoms with van der Waals surface area (Å²) in [5, 5.41) is 6.58. The zero-order valence-corrected chi connectivity index (χ0v) is 13.4. The van der Waals surface area contributed by atoms with Crippen molar-refractivity contribution in [2.45, 2.75) is 24.8 Å². The Morgan fingerprint density at radius 2 is 2.00 bits per heavy atom.